The zero-order chi connectivity index (χ0) is 102. The molecule has 27 heteroatoms. The number of halogens is 1. The summed E-state index contributed by atoms with van der Waals surface area (Å²) in [5.41, 5.74) is 16.0. The van der Waals surface area contributed by atoms with Crippen molar-refractivity contribution < 1.29 is 91.5 Å². The minimum absolute atomic E-state index is 0.0209. The molecule has 1 saturated heterocycles. The van der Waals surface area contributed by atoms with E-state index in [2.05, 4.69) is 152 Å². The predicted octanol–water partition coefficient (Wildman–Crippen LogP) is 23.0. The summed E-state index contributed by atoms with van der Waals surface area (Å²) < 4.78 is 31.2. The Hall–Kier alpha value is -12.4. The molecule has 3 unspecified atom stereocenters. The Kier molecular flexibility index (Phi) is 32.9. The average molecular weight is 1950 g/mol. The normalized spacial score (nSPS) is 19.0. The first-order chi connectivity index (χ1) is 64.0. The van der Waals surface area contributed by atoms with Crippen molar-refractivity contribution in [1.82, 2.24) is 25.8 Å². The van der Waals surface area contributed by atoms with Gasteiger partial charge in [0.25, 0.3) is 5.91 Å². The van der Waals surface area contributed by atoms with Crippen molar-refractivity contribution in [1.29, 1.82) is 0 Å². The number of ether oxygens (including phenoxy) is 6. The van der Waals surface area contributed by atoms with E-state index >= 15 is 0 Å². The molecule has 738 valence electrons. The summed E-state index contributed by atoms with van der Waals surface area (Å²) in [6.45, 7) is 47.8. The second-order valence-electron chi connectivity index (χ2n) is 44.2. The van der Waals surface area contributed by atoms with Crippen LogP contribution in [0.1, 0.15) is 379 Å². The molecule has 1 aliphatic heterocycles. The summed E-state index contributed by atoms with van der Waals surface area (Å²) >= 11 is 3.38. The molecular weight excluding hydrogens is 1820 g/mol. The molecule has 3 atom stereocenters. The molecule has 138 heavy (non-hydrogen) atoms. The number of Topliss-reactive ketones (excluding diaryl/α,β-unsaturated/α-hetero) is 3. The zero-order valence-corrected chi connectivity index (χ0v) is 86.7. The summed E-state index contributed by atoms with van der Waals surface area (Å²) in [4.78, 5) is 139. The number of aromatic nitrogens is 1. The Morgan fingerprint density at radius 1 is 0.413 bits per heavy atom. The molecule has 0 radical (unpaired) electrons. The van der Waals surface area contributed by atoms with Crippen LogP contribution in [0, 0.1) is 0 Å². The van der Waals surface area contributed by atoms with Crippen LogP contribution < -0.4 is 20.9 Å². The van der Waals surface area contributed by atoms with E-state index in [0.29, 0.717) is 65.6 Å². The first kappa shape index (κ1) is 108. The van der Waals surface area contributed by atoms with Crippen LogP contribution in [0.3, 0.4) is 0 Å². The summed E-state index contributed by atoms with van der Waals surface area (Å²) in [5.74, 6) is -1.45. The lowest BCUT2D eigenvalue weighted by Gasteiger charge is -2.38. The number of methoxy groups -OCH3 is 3. The van der Waals surface area contributed by atoms with Crippen LogP contribution in [-0.2, 0) is 66.3 Å². The SMILES string of the molecule is CC(C)(C)OC(=O)NC1CC(C)(C)c2ccc(C(=O)O)cc21.CC1(C)CC(=O)c2cc(Br)ccc21.CC1(C)CC(=O)c2ccccc21.CN(C(=O)c1ccc2c(c1)C(NC(=O)OC(C)(C)C)CC2(C)C)C1CCN(c2ccncc2)CC1.COC(=O)c1ccc2c(c1)/C(=N/O)CC2(C)C.COC(=O)c1ccc2c(c1)C(=O)CC2(C)C.COC(=O)c1ccc2c(c1)C(NC(=O)OC(C)(C)C)CC2(C)C. The van der Waals surface area contributed by atoms with E-state index in [1.807, 2.05) is 185 Å². The number of piperidine rings is 1. The van der Waals surface area contributed by atoms with Gasteiger partial charge >= 0.3 is 42.2 Å². The van der Waals surface area contributed by atoms with Crippen LogP contribution >= 0.6 is 15.9 Å². The van der Waals surface area contributed by atoms with Gasteiger partial charge in [-0.2, -0.15) is 0 Å². The number of pyridine rings is 1. The number of aromatic carboxylic acids is 1. The molecular formula is C111H138BrN7O19. The van der Waals surface area contributed by atoms with Gasteiger partial charge in [0.2, 0.25) is 0 Å². The maximum atomic E-state index is 13.5. The molecule has 1 aromatic heterocycles. The fourth-order valence-electron chi connectivity index (χ4n) is 19.6. The molecule has 7 aliphatic carbocycles. The fourth-order valence-corrected chi connectivity index (χ4v) is 20.0. The van der Waals surface area contributed by atoms with Gasteiger partial charge < -0.3 is 64.5 Å². The molecule has 2 heterocycles. The van der Waals surface area contributed by atoms with Gasteiger partial charge in [-0.1, -0.05) is 179 Å². The smallest absolute Gasteiger partial charge is 0.408 e. The number of amides is 4. The molecule has 16 rings (SSSR count). The summed E-state index contributed by atoms with van der Waals surface area (Å²) in [5, 5.41) is 30.3. The molecule has 8 aromatic rings. The standard InChI is InChI=1S/C28H38N4O3.C18H25NO4.C17H23NO4.C13H15NO3.C13H14O3.C11H11BrO.C11H12O/c1-27(2,3)35-26(34)30-24-18-28(4,5)23-8-7-19(17-22(23)24)25(33)31(6)20-11-15-32(16-12-20)21-9-13-29-14-10-21;1-17(2,3)23-16(21)19-14-10-18(4,5)13-8-7-11(9-12(13)14)15(20)22-6;1-16(2,3)22-15(21)18-13-9-17(4,5)12-7-6-10(14(19)20)8-11(12)13;1-13(2)7-11(14-16)9-6-8(12(15)17-3)4-5-10(9)13;1-13(2)7-11(14)9-6-8(12(15)16-3)4-5-10(9)13;1-11(2)6-10(13)8-5-7(12)3-4-9(8)11;1-11(2)7-10(12)8-5-3-4-6-9(8)11/h7-10,13-14,17,20,24H,11-12,15-16,18H2,1-6H3,(H,30,34);7-9,14H,10H2,1-6H3,(H,19,21);6-8,13H,9H2,1-5H3,(H,18,21)(H,19,20);4-6,16H,7H2,1-3H3;4-6H,7H2,1-3H3;3-5H,6H2,1-2H3;3-6H,7H2,1-2H3/b;;;14-11+;;;. The first-order valence-electron chi connectivity index (χ1n) is 46.9. The number of oxime groups is 1. The number of hydrogen-bond donors (Lipinski definition) is 5. The molecule has 5 N–H and O–H groups in total. The summed E-state index contributed by atoms with van der Waals surface area (Å²) in [6, 6.07) is 44.7. The molecule has 0 spiro atoms. The highest BCUT2D eigenvalue weighted by Crippen LogP contribution is 2.50. The van der Waals surface area contributed by atoms with Crippen molar-refractivity contribution in [2.24, 2.45) is 5.16 Å². The van der Waals surface area contributed by atoms with Crippen LogP contribution in [0.15, 0.2) is 168 Å². The third-order valence-corrected chi connectivity index (χ3v) is 26.9. The second kappa shape index (κ2) is 42.1. The van der Waals surface area contributed by atoms with Crippen molar-refractivity contribution >= 4 is 92.7 Å². The zero-order valence-electron chi connectivity index (χ0n) is 85.1. The van der Waals surface area contributed by atoms with E-state index in [1.165, 1.54) is 43.7 Å². The minimum Gasteiger partial charge on any atom is -0.478 e. The van der Waals surface area contributed by atoms with Gasteiger partial charge in [-0.3, -0.25) is 24.2 Å². The first-order valence-corrected chi connectivity index (χ1v) is 47.6. The predicted molar refractivity (Wildman–Crippen MR) is 536 cm³/mol. The number of rotatable bonds is 10. The van der Waals surface area contributed by atoms with Crippen molar-refractivity contribution in [3.05, 3.63) is 268 Å². The number of carboxylic acids is 1. The quantitative estimate of drug-likeness (QED) is 0.0367. The Labute approximate surface area is 820 Å². The van der Waals surface area contributed by atoms with Gasteiger partial charge in [-0.05, 0) is 273 Å². The lowest BCUT2D eigenvalue weighted by Crippen LogP contribution is -2.45. The number of carbonyl (C=O) groups excluding carboxylic acids is 10. The number of carbonyl (C=O) groups is 11. The third-order valence-electron chi connectivity index (χ3n) is 26.4. The Morgan fingerprint density at radius 3 is 1.13 bits per heavy atom. The number of anilines is 1. The van der Waals surface area contributed by atoms with Gasteiger partial charge in [-0.25, -0.2) is 33.6 Å². The van der Waals surface area contributed by atoms with Crippen LogP contribution in [0.4, 0.5) is 20.1 Å². The van der Waals surface area contributed by atoms with E-state index in [9.17, 15) is 52.7 Å². The number of esters is 3. The molecule has 4 amide bonds. The summed E-state index contributed by atoms with van der Waals surface area (Å²) in [7, 11) is 5.94. The van der Waals surface area contributed by atoms with Gasteiger partial charge in [-0.15, -0.1) is 0 Å². The van der Waals surface area contributed by atoms with Gasteiger partial charge in [0.05, 0.1) is 67.4 Å². The number of ketones is 3. The number of nitrogens with zero attached hydrogens (tertiary/aromatic N) is 4. The highest BCUT2D eigenvalue weighted by molar-refractivity contribution is 9.10. The summed E-state index contributed by atoms with van der Waals surface area (Å²) in [6.07, 6.45) is 8.82. The van der Waals surface area contributed by atoms with Crippen LogP contribution in [0.25, 0.3) is 0 Å². The van der Waals surface area contributed by atoms with E-state index in [-0.39, 0.29) is 103 Å². The van der Waals surface area contributed by atoms with Gasteiger partial charge in [0.15, 0.2) is 17.3 Å². The van der Waals surface area contributed by atoms with Gasteiger partial charge in [0, 0.05) is 102 Å². The Bertz CT molecular complexity index is 5990. The second-order valence-corrected chi connectivity index (χ2v) is 45.1. The topological polar surface area (TPSA) is 351 Å². The molecule has 7 aromatic carbocycles. The third kappa shape index (κ3) is 26.1. The number of fused-ring (bicyclic) bond motifs is 7. The minimum atomic E-state index is -0.969. The maximum Gasteiger partial charge on any atom is 0.408 e. The maximum absolute atomic E-state index is 13.5. The van der Waals surface area contributed by atoms with Crippen molar-refractivity contribution in [3.63, 3.8) is 0 Å². The van der Waals surface area contributed by atoms with Gasteiger partial charge in [0.1, 0.15) is 16.8 Å². The number of benzene rings is 7. The van der Waals surface area contributed by atoms with E-state index in [4.69, 9.17) is 29.3 Å². The van der Waals surface area contributed by atoms with Crippen molar-refractivity contribution in [3.8, 4) is 0 Å². The number of carboxylic acid groups (broad SMARTS) is 1. The van der Waals surface area contributed by atoms with Crippen LogP contribution in [0.5, 0.6) is 0 Å². The molecule has 8 aliphatic rings. The lowest BCUT2D eigenvalue weighted by molar-refractivity contribution is 0.0488. The Balaban J connectivity index is 0.000000171. The number of hydrogen-bond acceptors (Lipinski definition) is 21. The highest BCUT2D eigenvalue weighted by Gasteiger charge is 2.45. The fraction of sp³-hybridized carbons (Fsp3) is 0.468. The average Bonchev–Trinajstić information content (AvgIpc) is 1.62. The largest absolute Gasteiger partial charge is 0.478 e. The van der Waals surface area contributed by atoms with Crippen LogP contribution in [0.2, 0.25) is 0 Å². The van der Waals surface area contributed by atoms with E-state index < -0.39 is 47.0 Å². The number of nitrogens with one attached hydrogen (secondary N) is 3. The lowest BCUT2D eigenvalue weighted by atomic mass is 9.86. The van der Waals surface area contributed by atoms with E-state index in [0.717, 1.165) is 98.9 Å². The van der Waals surface area contributed by atoms with Crippen molar-refractivity contribution in [2.75, 3.05) is 46.4 Å². The van der Waals surface area contributed by atoms with E-state index in [1.54, 1.807) is 48.5 Å². The molecule has 26 nitrogen and oxygen atoms in total. The molecule has 1 fully saturated rings. The van der Waals surface area contributed by atoms with Crippen LogP contribution in [-0.4, -0.2) is 156 Å². The monoisotopic (exact) mass is 1950 g/mol. The molecule has 0 bridgehead atoms. The number of alkyl carbamates (subject to hydrolysis) is 3. The Morgan fingerprint density at radius 2 is 0.739 bits per heavy atom. The highest BCUT2D eigenvalue weighted by atomic mass is 79.9. The van der Waals surface area contributed by atoms with Crippen molar-refractivity contribution in [2.45, 2.75) is 296 Å². The molecule has 0 saturated carbocycles.